The lowest BCUT2D eigenvalue weighted by molar-refractivity contribution is -0.127. The van der Waals surface area contributed by atoms with Crippen molar-refractivity contribution < 1.29 is 9.53 Å². The number of ether oxygens (including phenoxy) is 1. The molecule has 0 saturated heterocycles. The van der Waals surface area contributed by atoms with Crippen LogP contribution in [-0.2, 0) is 11.3 Å². The predicted octanol–water partition coefficient (Wildman–Crippen LogP) is 3.57. The van der Waals surface area contributed by atoms with Gasteiger partial charge >= 0.3 is 0 Å². The number of aromatic nitrogens is 2. The summed E-state index contributed by atoms with van der Waals surface area (Å²) in [6.45, 7) is 6.19. The zero-order chi connectivity index (χ0) is 18.5. The minimum absolute atomic E-state index is 0.139. The molecule has 0 aliphatic carbocycles. The smallest absolute Gasteiger partial charge is 0.261 e. The van der Waals surface area contributed by atoms with Crippen LogP contribution in [-0.4, -0.2) is 21.6 Å². The standard InChI is InChI=1S/C21H23N3O2/c1-15-4-10-20(11-5-15)26-16(2)21(25)23-14-18-6-8-19(9-7-18)24-13-12-22-17(24)3/h4-13,16H,14H2,1-3H3,(H,23,25). The molecule has 1 aromatic heterocycles. The van der Waals surface area contributed by atoms with Gasteiger partial charge in [-0.2, -0.15) is 0 Å². The molecule has 3 rings (SSSR count). The molecule has 5 heteroatoms. The number of carbonyl (C=O) groups excluding carboxylic acids is 1. The number of nitrogens with zero attached hydrogens (tertiary/aromatic N) is 2. The van der Waals surface area contributed by atoms with Gasteiger partial charge in [0.1, 0.15) is 11.6 Å². The van der Waals surface area contributed by atoms with Crippen LogP contribution in [0, 0.1) is 13.8 Å². The summed E-state index contributed by atoms with van der Waals surface area (Å²) in [6, 6.07) is 15.7. The Morgan fingerprint density at radius 1 is 1.12 bits per heavy atom. The number of hydrogen-bond acceptors (Lipinski definition) is 3. The van der Waals surface area contributed by atoms with Gasteiger partial charge in [0.15, 0.2) is 6.10 Å². The molecule has 0 fully saturated rings. The quantitative estimate of drug-likeness (QED) is 0.740. The van der Waals surface area contributed by atoms with Crippen molar-refractivity contribution in [3.8, 4) is 11.4 Å². The van der Waals surface area contributed by atoms with E-state index in [0.29, 0.717) is 12.3 Å². The number of hydrogen-bond donors (Lipinski definition) is 1. The van der Waals surface area contributed by atoms with Crippen molar-refractivity contribution >= 4 is 5.91 Å². The van der Waals surface area contributed by atoms with E-state index in [1.54, 1.807) is 13.1 Å². The molecule has 0 bridgehead atoms. The van der Waals surface area contributed by atoms with E-state index in [9.17, 15) is 4.79 Å². The third-order valence-electron chi connectivity index (χ3n) is 4.21. The fourth-order valence-corrected chi connectivity index (χ4v) is 2.63. The molecule has 0 radical (unpaired) electrons. The molecule has 1 heterocycles. The van der Waals surface area contributed by atoms with Gasteiger partial charge in [-0.15, -0.1) is 0 Å². The summed E-state index contributed by atoms with van der Waals surface area (Å²) in [5, 5.41) is 2.91. The number of benzene rings is 2. The first-order valence-electron chi connectivity index (χ1n) is 8.63. The Morgan fingerprint density at radius 3 is 2.42 bits per heavy atom. The number of aryl methyl sites for hydroxylation is 2. The van der Waals surface area contributed by atoms with E-state index >= 15 is 0 Å². The molecular formula is C21H23N3O2. The maximum Gasteiger partial charge on any atom is 0.261 e. The van der Waals surface area contributed by atoms with E-state index in [0.717, 1.165) is 22.6 Å². The molecule has 3 aromatic rings. The van der Waals surface area contributed by atoms with Gasteiger partial charge in [0.25, 0.3) is 5.91 Å². The van der Waals surface area contributed by atoms with Crippen LogP contribution in [0.3, 0.4) is 0 Å². The zero-order valence-corrected chi connectivity index (χ0v) is 15.3. The predicted molar refractivity (Wildman–Crippen MR) is 101 cm³/mol. The molecule has 26 heavy (non-hydrogen) atoms. The Morgan fingerprint density at radius 2 is 1.81 bits per heavy atom. The van der Waals surface area contributed by atoms with Gasteiger partial charge in [-0.3, -0.25) is 4.79 Å². The van der Waals surface area contributed by atoms with Crippen molar-refractivity contribution in [1.29, 1.82) is 0 Å². The fraction of sp³-hybridized carbons (Fsp3) is 0.238. The second-order valence-corrected chi connectivity index (χ2v) is 6.30. The minimum Gasteiger partial charge on any atom is -0.481 e. The molecule has 1 amide bonds. The van der Waals surface area contributed by atoms with Crippen LogP contribution in [0.25, 0.3) is 5.69 Å². The average molecular weight is 349 g/mol. The number of carbonyl (C=O) groups is 1. The van der Waals surface area contributed by atoms with Gasteiger partial charge in [-0.05, 0) is 50.6 Å². The second-order valence-electron chi connectivity index (χ2n) is 6.30. The van der Waals surface area contributed by atoms with Crippen molar-refractivity contribution in [3.05, 3.63) is 77.9 Å². The largest absolute Gasteiger partial charge is 0.481 e. The van der Waals surface area contributed by atoms with Crippen LogP contribution in [0.5, 0.6) is 5.75 Å². The van der Waals surface area contributed by atoms with Gasteiger partial charge in [0.05, 0.1) is 0 Å². The normalized spacial score (nSPS) is 11.8. The molecule has 0 saturated carbocycles. The highest BCUT2D eigenvalue weighted by atomic mass is 16.5. The van der Waals surface area contributed by atoms with Crippen molar-refractivity contribution in [2.24, 2.45) is 0 Å². The monoisotopic (exact) mass is 349 g/mol. The van der Waals surface area contributed by atoms with Crippen LogP contribution in [0.1, 0.15) is 23.9 Å². The first-order chi connectivity index (χ1) is 12.5. The molecule has 134 valence electrons. The van der Waals surface area contributed by atoms with E-state index in [2.05, 4.69) is 10.3 Å². The van der Waals surface area contributed by atoms with E-state index < -0.39 is 6.10 Å². The summed E-state index contributed by atoms with van der Waals surface area (Å²) >= 11 is 0. The van der Waals surface area contributed by atoms with Crippen molar-refractivity contribution in [1.82, 2.24) is 14.9 Å². The van der Waals surface area contributed by atoms with Crippen LogP contribution in [0.15, 0.2) is 60.9 Å². The first-order valence-corrected chi connectivity index (χ1v) is 8.63. The summed E-state index contributed by atoms with van der Waals surface area (Å²) in [6.07, 6.45) is 3.15. The molecule has 1 N–H and O–H groups in total. The van der Waals surface area contributed by atoms with Crippen LogP contribution < -0.4 is 10.1 Å². The molecule has 1 unspecified atom stereocenters. The maximum absolute atomic E-state index is 12.2. The highest BCUT2D eigenvalue weighted by Gasteiger charge is 2.14. The number of rotatable bonds is 6. The Hall–Kier alpha value is -3.08. The van der Waals surface area contributed by atoms with Crippen molar-refractivity contribution in [2.75, 3.05) is 0 Å². The Balaban J connectivity index is 1.54. The molecule has 0 aliphatic rings. The lowest BCUT2D eigenvalue weighted by Gasteiger charge is -2.15. The molecule has 0 aliphatic heterocycles. The summed E-state index contributed by atoms with van der Waals surface area (Å²) in [5.41, 5.74) is 3.23. The second kappa shape index (κ2) is 7.87. The van der Waals surface area contributed by atoms with E-state index in [1.165, 1.54) is 0 Å². The lowest BCUT2D eigenvalue weighted by atomic mass is 10.2. The van der Waals surface area contributed by atoms with Gasteiger partial charge in [-0.25, -0.2) is 4.98 Å². The molecule has 1 atom stereocenters. The Kier molecular flexibility index (Phi) is 5.37. The third-order valence-corrected chi connectivity index (χ3v) is 4.21. The van der Waals surface area contributed by atoms with Crippen molar-refractivity contribution in [2.45, 2.75) is 33.4 Å². The fourth-order valence-electron chi connectivity index (χ4n) is 2.63. The van der Waals surface area contributed by atoms with Gasteiger partial charge in [-0.1, -0.05) is 29.8 Å². The summed E-state index contributed by atoms with van der Waals surface area (Å²) in [4.78, 5) is 16.5. The Labute approximate surface area is 153 Å². The van der Waals surface area contributed by atoms with E-state index in [1.807, 2.05) is 73.1 Å². The van der Waals surface area contributed by atoms with Gasteiger partial charge < -0.3 is 14.6 Å². The number of nitrogens with one attached hydrogen (secondary N) is 1. The van der Waals surface area contributed by atoms with E-state index in [-0.39, 0.29) is 5.91 Å². The maximum atomic E-state index is 12.2. The Bertz CT molecular complexity index is 867. The first kappa shape index (κ1) is 17.7. The summed E-state index contributed by atoms with van der Waals surface area (Å²) in [7, 11) is 0. The van der Waals surface area contributed by atoms with Crippen LogP contribution in [0.4, 0.5) is 0 Å². The third kappa shape index (κ3) is 4.30. The molecule has 5 nitrogen and oxygen atoms in total. The topological polar surface area (TPSA) is 56.1 Å². The van der Waals surface area contributed by atoms with Gasteiger partial charge in [0.2, 0.25) is 0 Å². The van der Waals surface area contributed by atoms with Crippen LogP contribution >= 0.6 is 0 Å². The van der Waals surface area contributed by atoms with Gasteiger partial charge in [0, 0.05) is 24.6 Å². The number of imidazole rings is 1. The average Bonchev–Trinajstić information content (AvgIpc) is 3.08. The highest BCUT2D eigenvalue weighted by Crippen LogP contribution is 2.14. The minimum atomic E-state index is -0.550. The van der Waals surface area contributed by atoms with Crippen LogP contribution in [0.2, 0.25) is 0 Å². The molecule has 0 spiro atoms. The SMILES string of the molecule is Cc1ccc(OC(C)C(=O)NCc2ccc(-n3ccnc3C)cc2)cc1. The highest BCUT2D eigenvalue weighted by molar-refractivity contribution is 5.80. The molecule has 2 aromatic carbocycles. The van der Waals surface area contributed by atoms with Crippen molar-refractivity contribution in [3.63, 3.8) is 0 Å². The lowest BCUT2D eigenvalue weighted by Crippen LogP contribution is -2.35. The summed E-state index contributed by atoms with van der Waals surface area (Å²) < 4.78 is 7.69. The van der Waals surface area contributed by atoms with E-state index in [4.69, 9.17) is 4.74 Å². The zero-order valence-electron chi connectivity index (χ0n) is 15.3. The summed E-state index contributed by atoms with van der Waals surface area (Å²) in [5.74, 6) is 1.49. The molecular weight excluding hydrogens is 326 g/mol. The number of amides is 1.